The first-order valence-corrected chi connectivity index (χ1v) is 17.5. The minimum Gasteiger partial charge on any atom is -0.453 e. The van der Waals surface area contributed by atoms with Gasteiger partial charge in [0.1, 0.15) is 0 Å². The summed E-state index contributed by atoms with van der Waals surface area (Å²) >= 11 is 0. The van der Waals surface area contributed by atoms with Crippen LogP contribution in [0.2, 0.25) is 0 Å². The Balaban J connectivity index is 1.45. The lowest BCUT2D eigenvalue weighted by Gasteiger charge is -2.51. The van der Waals surface area contributed by atoms with Crippen LogP contribution in [0.3, 0.4) is 0 Å². The number of aliphatic hydroxyl groups excluding tert-OH is 1. The van der Waals surface area contributed by atoms with Gasteiger partial charge in [0.25, 0.3) is 5.91 Å². The number of piperidine rings is 1. The number of carbonyl (C=O) groups excluding carboxylic acids is 3. The molecular formula is C38H53N3O7. The Hall–Kier alpha value is -3.31. The number of hydrogen-bond acceptors (Lipinski definition) is 8. The Morgan fingerprint density at radius 3 is 2.42 bits per heavy atom. The molecule has 262 valence electrons. The van der Waals surface area contributed by atoms with Crippen LogP contribution in [-0.2, 0) is 35.2 Å². The third-order valence-corrected chi connectivity index (χ3v) is 9.96. The number of aliphatic hydroxyl groups is 1. The van der Waals surface area contributed by atoms with E-state index in [9.17, 15) is 19.5 Å². The van der Waals surface area contributed by atoms with Gasteiger partial charge in [0.15, 0.2) is 12.4 Å². The second-order valence-electron chi connectivity index (χ2n) is 14.8. The summed E-state index contributed by atoms with van der Waals surface area (Å²) in [5.41, 5.74) is 2.74. The summed E-state index contributed by atoms with van der Waals surface area (Å²) in [6.07, 6.45) is 4.27. The predicted octanol–water partition coefficient (Wildman–Crippen LogP) is 5.80. The summed E-state index contributed by atoms with van der Waals surface area (Å²) in [5, 5.41) is 15.7. The van der Waals surface area contributed by atoms with E-state index in [1.54, 1.807) is 6.07 Å². The van der Waals surface area contributed by atoms with E-state index in [0.717, 1.165) is 42.4 Å². The van der Waals surface area contributed by atoms with E-state index in [4.69, 9.17) is 14.2 Å². The Morgan fingerprint density at radius 1 is 1.00 bits per heavy atom. The molecule has 3 N–H and O–H groups in total. The van der Waals surface area contributed by atoms with Crippen LogP contribution in [0.25, 0.3) is 0 Å². The zero-order chi connectivity index (χ0) is 34.6. The van der Waals surface area contributed by atoms with Gasteiger partial charge in [-0.2, -0.15) is 0 Å². The van der Waals surface area contributed by atoms with Crippen molar-refractivity contribution in [3.63, 3.8) is 0 Å². The molecule has 1 saturated carbocycles. The highest BCUT2D eigenvalue weighted by Gasteiger charge is 2.46. The molecule has 0 spiro atoms. The Morgan fingerprint density at radius 2 is 1.73 bits per heavy atom. The molecule has 2 aromatic rings. The van der Waals surface area contributed by atoms with Crippen LogP contribution in [0.5, 0.6) is 0 Å². The van der Waals surface area contributed by atoms with Gasteiger partial charge in [0.2, 0.25) is 5.91 Å². The number of esters is 1. The number of likely N-dealkylation sites (tertiary alicyclic amines) is 1. The zero-order valence-electron chi connectivity index (χ0n) is 29.2. The van der Waals surface area contributed by atoms with Crippen molar-refractivity contribution in [1.29, 1.82) is 0 Å². The summed E-state index contributed by atoms with van der Waals surface area (Å²) in [4.78, 5) is 40.3. The average Bonchev–Trinajstić information content (AvgIpc) is 3.04. The number of hydrogen-bond donors (Lipinski definition) is 3. The standard InChI is InChI=1S/C38H53N3O7/c1-23-33(21-41-31-13-8-7-10-27(31)18-19-32(41)36(45)40-38(4,5)6)47-37(48-34(23)28-16-14-26(22-42)15-17-28)29-11-9-12-30(20-29)39-35(44)24(2)46-25(3)43/h9,11-12,14-17,20,23-24,27,31-34,37,42H,7-8,10,13,18-19,21-22H2,1-6H3,(H,39,44)(H,40,45)/t23-,24+,27-,31-,32-,33+,34+,37+/m1/s1. The second-order valence-corrected chi connectivity index (χ2v) is 14.8. The normalized spacial score (nSPS) is 28.5. The minimum atomic E-state index is -0.943. The Kier molecular flexibility index (Phi) is 11.6. The highest BCUT2D eigenvalue weighted by atomic mass is 16.7. The molecule has 0 aromatic heterocycles. The molecule has 5 rings (SSSR count). The Labute approximate surface area is 284 Å². The number of amides is 2. The highest BCUT2D eigenvalue weighted by Crippen LogP contribution is 2.44. The van der Waals surface area contributed by atoms with Crippen LogP contribution >= 0.6 is 0 Å². The fourth-order valence-corrected chi connectivity index (χ4v) is 7.57. The van der Waals surface area contributed by atoms with Gasteiger partial charge in [-0.1, -0.05) is 56.2 Å². The Bertz CT molecular complexity index is 1420. The summed E-state index contributed by atoms with van der Waals surface area (Å²) < 4.78 is 18.6. The van der Waals surface area contributed by atoms with Crippen LogP contribution in [-0.4, -0.2) is 64.2 Å². The van der Waals surface area contributed by atoms with Crippen LogP contribution in [0.4, 0.5) is 5.69 Å². The van der Waals surface area contributed by atoms with Gasteiger partial charge >= 0.3 is 5.97 Å². The number of nitrogens with zero attached hydrogens (tertiary/aromatic N) is 1. The number of ether oxygens (including phenoxy) is 3. The third-order valence-electron chi connectivity index (χ3n) is 9.96. The van der Waals surface area contributed by atoms with Crippen molar-refractivity contribution >= 4 is 23.5 Å². The van der Waals surface area contributed by atoms with E-state index < -0.39 is 24.3 Å². The monoisotopic (exact) mass is 663 g/mol. The maximum Gasteiger partial charge on any atom is 0.303 e. The lowest BCUT2D eigenvalue weighted by atomic mass is 9.75. The van der Waals surface area contributed by atoms with Gasteiger partial charge in [-0.15, -0.1) is 0 Å². The molecule has 3 fully saturated rings. The van der Waals surface area contributed by atoms with Crippen molar-refractivity contribution in [3.8, 4) is 0 Å². The number of rotatable bonds is 9. The largest absolute Gasteiger partial charge is 0.453 e. The molecule has 48 heavy (non-hydrogen) atoms. The maximum absolute atomic E-state index is 13.8. The predicted molar refractivity (Wildman–Crippen MR) is 183 cm³/mol. The summed E-state index contributed by atoms with van der Waals surface area (Å²) in [6, 6.07) is 15.2. The number of anilines is 1. The zero-order valence-corrected chi connectivity index (χ0v) is 29.2. The molecule has 10 heteroatoms. The molecule has 3 aliphatic rings. The SMILES string of the molecule is CC(=O)O[C@@H](C)C(=O)Nc1cccc([C@H]2O[C@@H](CN3[C@@H](C(=O)NC(C)(C)C)CC[C@H]4CCCC[C@H]43)[C@@H](C)[C@@H](c3ccc(CO)cc3)O2)c1. The van der Waals surface area contributed by atoms with Crippen LogP contribution in [0.15, 0.2) is 48.5 Å². The fraction of sp³-hybridized carbons (Fsp3) is 0.605. The molecule has 2 amide bonds. The summed E-state index contributed by atoms with van der Waals surface area (Å²) in [6.45, 7) is 11.6. The van der Waals surface area contributed by atoms with E-state index in [1.807, 2.05) is 63.2 Å². The molecule has 10 nitrogen and oxygen atoms in total. The van der Waals surface area contributed by atoms with Crippen LogP contribution in [0, 0.1) is 11.8 Å². The van der Waals surface area contributed by atoms with Crippen molar-refractivity contribution in [2.45, 2.75) is 129 Å². The smallest absolute Gasteiger partial charge is 0.303 e. The first-order valence-electron chi connectivity index (χ1n) is 17.5. The molecule has 2 saturated heterocycles. The number of carbonyl (C=O) groups is 3. The third kappa shape index (κ3) is 8.83. The highest BCUT2D eigenvalue weighted by molar-refractivity contribution is 5.95. The van der Waals surface area contributed by atoms with E-state index in [1.165, 1.54) is 26.7 Å². The van der Waals surface area contributed by atoms with Gasteiger partial charge < -0.3 is 30.0 Å². The van der Waals surface area contributed by atoms with Crippen molar-refractivity contribution in [2.24, 2.45) is 11.8 Å². The van der Waals surface area contributed by atoms with Crippen molar-refractivity contribution in [3.05, 3.63) is 65.2 Å². The quantitative estimate of drug-likeness (QED) is 0.288. The average molecular weight is 664 g/mol. The number of nitrogens with one attached hydrogen (secondary N) is 2. The van der Waals surface area contributed by atoms with Crippen molar-refractivity contribution in [2.75, 3.05) is 11.9 Å². The second kappa shape index (κ2) is 15.5. The van der Waals surface area contributed by atoms with Gasteiger partial charge in [-0.05, 0) is 82.6 Å². The summed E-state index contributed by atoms with van der Waals surface area (Å²) in [7, 11) is 0. The minimum absolute atomic E-state index is 0.0418. The van der Waals surface area contributed by atoms with Crippen molar-refractivity contribution < 1.29 is 33.7 Å². The molecule has 0 bridgehead atoms. The molecule has 0 radical (unpaired) electrons. The lowest BCUT2D eigenvalue weighted by molar-refractivity contribution is -0.278. The van der Waals surface area contributed by atoms with Crippen LogP contribution in [0.1, 0.15) is 109 Å². The fourth-order valence-electron chi connectivity index (χ4n) is 7.57. The first-order chi connectivity index (χ1) is 22.8. The number of benzene rings is 2. The van der Waals surface area contributed by atoms with Gasteiger partial charge in [0.05, 0.1) is 24.9 Å². The summed E-state index contributed by atoms with van der Waals surface area (Å²) in [5.74, 6) is -0.373. The molecular weight excluding hydrogens is 610 g/mol. The van der Waals surface area contributed by atoms with Gasteiger partial charge in [0, 0.05) is 42.2 Å². The first kappa shape index (κ1) is 36.0. The molecule has 1 aliphatic carbocycles. The van der Waals surface area contributed by atoms with Gasteiger partial charge in [-0.25, -0.2) is 0 Å². The topological polar surface area (TPSA) is 126 Å². The van der Waals surface area contributed by atoms with E-state index >= 15 is 0 Å². The van der Waals surface area contributed by atoms with E-state index in [-0.39, 0.29) is 42.2 Å². The molecule has 2 aromatic carbocycles. The maximum atomic E-state index is 13.8. The lowest BCUT2D eigenvalue weighted by Crippen LogP contribution is -2.61. The van der Waals surface area contributed by atoms with Gasteiger partial charge in [-0.3, -0.25) is 19.3 Å². The number of fused-ring (bicyclic) bond motifs is 1. The van der Waals surface area contributed by atoms with E-state index in [2.05, 4.69) is 22.5 Å². The molecule has 2 aliphatic heterocycles. The van der Waals surface area contributed by atoms with Crippen LogP contribution < -0.4 is 10.6 Å². The van der Waals surface area contributed by atoms with Crippen molar-refractivity contribution in [1.82, 2.24) is 10.2 Å². The molecule has 2 heterocycles. The molecule has 8 atom stereocenters. The van der Waals surface area contributed by atoms with E-state index in [0.29, 0.717) is 24.2 Å². The molecule has 0 unspecified atom stereocenters.